The van der Waals surface area contributed by atoms with E-state index in [1.165, 1.54) is 7.11 Å². The molecule has 2 atom stereocenters. The monoisotopic (exact) mass is 213 g/mol. The lowest BCUT2D eigenvalue weighted by Crippen LogP contribution is -2.29. The van der Waals surface area contributed by atoms with Gasteiger partial charge in [-0.25, -0.2) is 0 Å². The van der Waals surface area contributed by atoms with Crippen molar-refractivity contribution in [2.24, 2.45) is 5.73 Å². The SMILES string of the molecule is COC(=O)[C@H](Cl)[C@H](N)c1ccccc1. The molecule has 1 aromatic rings. The minimum Gasteiger partial charge on any atom is -0.468 e. The van der Waals surface area contributed by atoms with Crippen molar-refractivity contribution < 1.29 is 9.53 Å². The molecule has 0 saturated heterocycles. The molecule has 76 valence electrons. The molecule has 0 aromatic heterocycles. The molecule has 0 aliphatic carbocycles. The van der Waals surface area contributed by atoms with Gasteiger partial charge in [-0.3, -0.25) is 4.79 Å². The number of methoxy groups -OCH3 is 1. The van der Waals surface area contributed by atoms with Crippen molar-refractivity contribution >= 4 is 17.6 Å². The third kappa shape index (κ3) is 2.47. The zero-order valence-corrected chi connectivity index (χ0v) is 8.57. The van der Waals surface area contributed by atoms with E-state index in [0.29, 0.717) is 0 Å². The zero-order valence-electron chi connectivity index (χ0n) is 7.81. The van der Waals surface area contributed by atoms with E-state index >= 15 is 0 Å². The summed E-state index contributed by atoms with van der Waals surface area (Å²) in [5.41, 5.74) is 6.60. The van der Waals surface area contributed by atoms with Crippen LogP contribution >= 0.6 is 11.6 Å². The highest BCUT2D eigenvalue weighted by molar-refractivity contribution is 6.30. The van der Waals surface area contributed by atoms with Crippen LogP contribution in [0.1, 0.15) is 11.6 Å². The van der Waals surface area contributed by atoms with Crippen LogP contribution in [-0.4, -0.2) is 18.5 Å². The Hall–Kier alpha value is -1.06. The molecule has 0 bridgehead atoms. The zero-order chi connectivity index (χ0) is 10.6. The van der Waals surface area contributed by atoms with Crippen molar-refractivity contribution in [3.8, 4) is 0 Å². The maximum atomic E-state index is 11.1. The molecule has 0 radical (unpaired) electrons. The highest BCUT2D eigenvalue weighted by Gasteiger charge is 2.24. The van der Waals surface area contributed by atoms with E-state index in [1.54, 1.807) is 0 Å². The van der Waals surface area contributed by atoms with Gasteiger partial charge < -0.3 is 10.5 Å². The van der Waals surface area contributed by atoms with E-state index in [2.05, 4.69) is 4.74 Å². The van der Waals surface area contributed by atoms with Crippen LogP contribution in [0.2, 0.25) is 0 Å². The molecule has 0 amide bonds. The van der Waals surface area contributed by atoms with Crippen LogP contribution < -0.4 is 5.73 Å². The van der Waals surface area contributed by atoms with Crippen LogP contribution in [0.4, 0.5) is 0 Å². The lowest BCUT2D eigenvalue weighted by molar-refractivity contribution is -0.140. The van der Waals surface area contributed by atoms with Gasteiger partial charge >= 0.3 is 5.97 Å². The highest BCUT2D eigenvalue weighted by Crippen LogP contribution is 2.19. The molecule has 2 N–H and O–H groups in total. The molecule has 0 heterocycles. The average molecular weight is 214 g/mol. The first kappa shape index (κ1) is 11.0. The van der Waals surface area contributed by atoms with Gasteiger partial charge in [0.05, 0.1) is 13.2 Å². The van der Waals surface area contributed by atoms with Crippen molar-refractivity contribution in [3.63, 3.8) is 0 Å². The van der Waals surface area contributed by atoms with Crippen molar-refractivity contribution in [1.82, 2.24) is 0 Å². The van der Waals surface area contributed by atoms with E-state index in [0.717, 1.165) is 5.56 Å². The van der Waals surface area contributed by atoms with Gasteiger partial charge in [0.25, 0.3) is 0 Å². The largest absolute Gasteiger partial charge is 0.468 e. The number of benzene rings is 1. The van der Waals surface area contributed by atoms with E-state index in [4.69, 9.17) is 17.3 Å². The Bertz CT molecular complexity index is 302. The molecule has 3 nitrogen and oxygen atoms in total. The quantitative estimate of drug-likeness (QED) is 0.611. The summed E-state index contributed by atoms with van der Waals surface area (Å²) in [6.45, 7) is 0. The fourth-order valence-corrected chi connectivity index (χ4v) is 1.34. The summed E-state index contributed by atoms with van der Waals surface area (Å²) < 4.78 is 4.50. The molecule has 0 spiro atoms. The number of hydrogen-bond donors (Lipinski definition) is 1. The highest BCUT2D eigenvalue weighted by atomic mass is 35.5. The second-order valence-corrected chi connectivity index (χ2v) is 3.33. The first-order valence-electron chi connectivity index (χ1n) is 4.19. The van der Waals surface area contributed by atoms with Crippen LogP contribution in [0, 0.1) is 0 Å². The van der Waals surface area contributed by atoms with E-state index in [9.17, 15) is 4.79 Å². The van der Waals surface area contributed by atoms with Gasteiger partial charge in [0.1, 0.15) is 5.38 Å². The summed E-state index contributed by atoms with van der Waals surface area (Å²) in [6.07, 6.45) is 0. The van der Waals surface area contributed by atoms with Crippen molar-refractivity contribution in [2.45, 2.75) is 11.4 Å². The van der Waals surface area contributed by atoms with Crippen LogP contribution in [0.25, 0.3) is 0 Å². The number of ether oxygens (including phenoxy) is 1. The van der Waals surface area contributed by atoms with Gasteiger partial charge in [0.15, 0.2) is 0 Å². The van der Waals surface area contributed by atoms with Crippen molar-refractivity contribution in [1.29, 1.82) is 0 Å². The number of hydrogen-bond acceptors (Lipinski definition) is 3. The normalized spacial score (nSPS) is 14.5. The molecule has 14 heavy (non-hydrogen) atoms. The molecule has 0 aliphatic rings. The number of halogens is 1. The van der Waals surface area contributed by atoms with Crippen LogP contribution in [-0.2, 0) is 9.53 Å². The van der Waals surface area contributed by atoms with Gasteiger partial charge in [0, 0.05) is 0 Å². The Morgan fingerprint density at radius 2 is 2.00 bits per heavy atom. The van der Waals surface area contributed by atoms with Crippen molar-refractivity contribution in [3.05, 3.63) is 35.9 Å². The summed E-state index contributed by atoms with van der Waals surface area (Å²) in [5.74, 6) is -0.511. The fraction of sp³-hybridized carbons (Fsp3) is 0.300. The summed E-state index contributed by atoms with van der Waals surface area (Å²) in [4.78, 5) is 11.1. The Morgan fingerprint density at radius 3 is 2.50 bits per heavy atom. The molecule has 0 aliphatic heterocycles. The Labute approximate surface area is 87.8 Å². The maximum absolute atomic E-state index is 11.1. The van der Waals surface area contributed by atoms with Crippen LogP contribution in [0.15, 0.2) is 30.3 Å². The number of carbonyl (C=O) groups is 1. The standard InChI is InChI=1S/C10H12ClNO2/c1-14-10(13)8(11)9(12)7-5-3-2-4-6-7/h2-6,8-9H,12H2,1H3/t8-,9-/m1/s1. The molecular formula is C10H12ClNO2. The molecule has 1 rings (SSSR count). The molecule has 0 unspecified atom stereocenters. The van der Waals surface area contributed by atoms with Crippen molar-refractivity contribution in [2.75, 3.05) is 7.11 Å². The number of alkyl halides is 1. The lowest BCUT2D eigenvalue weighted by atomic mass is 10.0. The van der Waals surface area contributed by atoms with Gasteiger partial charge in [-0.2, -0.15) is 0 Å². The molecule has 1 aromatic carbocycles. The Morgan fingerprint density at radius 1 is 1.43 bits per heavy atom. The van der Waals surface area contributed by atoms with E-state index < -0.39 is 17.4 Å². The topological polar surface area (TPSA) is 52.3 Å². The predicted octanol–water partition coefficient (Wildman–Crippen LogP) is 1.47. The third-order valence-corrected chi connectivity index (χ3v) is 2.38. The van der Waals surface area contributed by atoms with E-state index in [-0.39, 0.29) is 0 Å². The first-order chi connectivity index (χ1) is 6.66. The molecule has 0 saturated carbocycles. The van der Waals surface area contributed by atoms with Crippen LogP contribution in [0.5, 0.6) is 0 Å². The number of esters is 1. The van der Waals surface area contributed by atoms with Gasteiger partial charge in [-0.05, 0) is 5.56 Å². The summed E-state index contributed by atoms with van der Waals surface area (Å²) >= 11 is 5.82. The Balaban J connectivity index is 2.75. The second kappa shape index (κ2) is 4.98. The summed E-state index contributed by atoms with van der Waals surface area (Å²) in [7, 11) is 1.29. The first-order valence-corrected chi connectivity index (χ1v) is 4.63. The number of carbonyl (C=O) groups excluding carboxylic acids is 1. The Kier molecular flexibility index (Phi) is 3.92. The van der Waals surface area contributed by atoms with Gasteiger partial charge in [-0.15, -0.1) is 11.6 Å². The number of rotatable bonds is 3. The molecule has 0 fully saturated rings. The summed E-state index contributed by atoms with van der Waals surface area (Å²) in [6, 6.07) is 8.67. The minimum absolute atomic E-state index is 0.511. The lowest BCUT2D eigenvalue weighted by Gasteiger charge is -2.15. The molecule has 4 heteroatoms. The predicted molar refractivity (Wildman–Crippen MR) is 55.0 cm³/mol. The average Bonchev–Trinajstić information content (AvgIpc) is 2.27. The molecular weight excluding hydrogens is 202 g/mol. The van der Waals surface area contributed by atoms with E-state index in [1.807, 2.05) is 30.3 Å². The number of nitrogens with two attached hydrogens (primary N) is 1. The second-order valence-electron chi connectivity index (χ2n) is 2.86. The smallest absolute Gasteiger partial charge is 0.325 e. The summed E-state index contributed by atoms with van der Waals surface area (Å²) in [5, 5.41) is -0.845. The van der Waals surface area contributed by atoms with Gasteiger partial charge in [-0.1, -0.05) is 30.3 Å². The van der Waals surface area contributed by atoms with Gasteiger partial charge in [0.2, 0.25) is 0 Å². The van der Waals surface area contributed by atoms with Crippen LogP contribution in [0.3, 0.4) is 0 Å². The minimum atomic E-state index is -0.845. The fourth-order valence-electron chi connectivity index (χ4n) is 1.10. The maximum Gasteiger partial charge on any atom is 0.325 e. The third-order valence-electron chi connectivity index (χ3n) is 1.93.